The van der Waals surface area contributed by atoms with E-state index in [9.17, 15) is 4.79 Å². The third-order valence-corrected chi connectivity index (χ3v) is 1.86. The zero-order chi connectivity index (χ0) is 11.3. The Bertz CT molecular complexity index is 341. The summed E-state index contributed by atoms with van der Waals surface area (Å²) in [7, 11) is 0. The highest BCUT2D eigenvalue weighted by Gasteiger charge is 2.07. The van der Waals surface area contributed by atoms with Gasteiger partial charge in [0, 0.05) is 17.8 Å². The van der Waals surface area contributed by atoms with Crippen LogP contribution in [0.15, 0.2) is 24.3 Å². The highest BCUT2D eigenvalue weighted by molar-refractivity contribution is 5.94. The third kappa shape index (κ3) is 3.57. The fourth-order valence-corrected chi connectivity index (χ4v) is 1.06. The van der Waals surface area contributed by atoms with Crippen molar-refractivity contribution in [3.63, 3.8) is 0 Å². The van der Waals surface area contributed by atoms with Gasteiger partial charge in [-0.05, 0) is 18.2 Å². The van der Waals surface area contributed by atoms with Gasteiger partial charge in [0.25, 0.3) is 5.91 Å². The molecule has 1 atom stereocenters. The molecule has 1 aromatic rings. The monoisotopic (exact) mass is 210 g/mol. The van der Waals surface area contributed by atoms with Crippen LogP contribution in [0.25, 0.3) is 0 Å². The molecular weight excluding hydrogens is 196 g/mol. The fraction of sp³-hybridized carbons (Fsp3) is 0.300. The van der Waals surface area contributed by atoms with E-state index in [0.717, 1.165) is 0 Å². The van der Waals surface area contributed by atoms with Gasteiger partial charge in [0.05, 0.1) is 12.7 Å². The molecule has 0 saturated carbocycles. The Morgan fingerprint density at radius 2 is 2.27 bits per heavy atom. The molecule has 82 valence electrons. The van der Waals surface area contributed by atoms with E-state index >= 15 is 0 Å². The lowest BCUT2D eigenvalue weighted by Gasteiger charge is -2.09. The second-order valence-electron chi connectivity index (χ2n) is 3.17. The number of nitrogens with two attached hydrogens (primary N) is 1. The van der Waals surface area contributed by atoms with Crippen LogP contribution in [0, 0.1) is 0 Å². The maximum atomic E-state index is 11.5. The maximum Gasteiger partial charge on any atom is 0.251 e. The second kappa shape index (κ2) is 5.33. The van der Waals surface area contributed by atoms with Gasteiger partial charge in [0.15, 0.2) is 0 Å². The number of aliphatic hydroxyl groups excluding tert-OH is 2. The zero-order valence-electron chi connectivity index (χ0n) is 8.18. The Morgan fingerprint density at radius 1 is 1.53 bits per heavy atom. The Kier molecular flexibility index (Phi) is 4.08. The molecular formula is C10H14N2O3. The minimum Gasteiger partial charge on any atom is -0.399 e. The number of aliphatic hydroxyl groups is 2. The van der Waals surface area contributed by atoms with E-state index in [4.69, 9.17) is 15.9 Å². The van der Waals surface area contributed by atoms with Crippen molar-refractivity contribution in [1.29, 1.82) is 0 Å². The van der Waals surface area contributed by atoms with Gasteiger partial charge < -0.3 is 21.3 Å². The van der Waals surface area contributed by atoms with Crippen LogP contribution >= 0.6 is 0 Å². The molecule has 0 radical (unpaired) electrons. The van der Waals surface area contributed by atoms with Crippen molar-refractivity contribution in [1.82, 2.24) is 5.32 Å². The normalized spacial score (nSPS) is 12.1. The van der Waals surface area contributed by atoms with E-state index in [-0.39, 0.29) is 19.1 Å². The molecule has 1 unspecified atom stereocenters. The van der Waals surface area contributed by atoms with Crippen molar-refractivity contribution in [2.45, 2.75) is 6.10 Å². The van der Waals surface area contributed by atoms with Gasteiger partial charge in [-0.25, -0.2) is 0 Å². The molecule has 0 saturated heterocycles. The van der Waals surface area contributed by atoms with Gasteiger partial charge in [0.2, 0.25) is 0 Å². The first-order valence-corrected chi connectivity index (χ1v) is 4.56. The first kappa shape index (κ1) is 11.5. The number of hydrogen-bond acceptors (Lipinski definition) is 4. The quantitative estimate of drug-likeness (QED) is 0.497. The van der Waals surface area contributed by atoms with Gasteiger partial charge in [0.1, 0.15) is 0 Å². The largest absolute Gasteiger partial charge is 0.399 e. The van der Waals surface area contributed by atoms with Crippen LogP contribution in [0.5, 0.6) is 0 Å². The van der Waals surface area contributed by atoms with Crippen molar-refractivity contribution in [2.24, 2.45) is 0 Å². The third-order valence-electron chi connectivity index (χ3n) is 1.86. The molecule has 1 aromatic carbocycles. The molecule has 1 amide bonds. The van der Waals surface area contributed by atoms with Crippen LogP contribution in [-0.2, 0) is 0 Å². The van der Waals surface area contributed by atoms with E-state index in [1.54, 1.807) is 24.3 Å². The number of rotatable bonds is 4. The van der Waals surface area contributed by atoms with Crippen molar-refractivity contribution in [3.05, 3.63) is 29.8 Å². The van der Waals surface area contributed by atoms with Crippen LogP contribution < -0.4 is 11.1 Å². The standard InChI is InChI=1S/C10H14N2O3/c11-8-3-1-2-7(4-8)10(15)12-5-9(14)6-13/h1-4,9,13-14H,5-6,11H2,(H,12,15). The number of nitrogens with one attached hydrogen (secondary N) is 1. The summed E-state index contributed by atoms with van der Waals surface area (Å²) < 4.78 is 0. The maximum absolute atomic E-state index is 11.5. The highest BCUT2D eigenvalue weighted by Crippen LogP contribution is 2.05. The predicted octanol–water partition coefficient (Wildman–Crippen LogP) is -0.648. The molecule has 0 aliphatic carbocycles. The van der Waals surface area contributed by atoms with E-state index in [1.807, 2.05) is 0 Å². The number of carbonyl (C=O) groups excluding carboxylic acids is 1. The van der Waals surface area contributed by atoms with E-state index in [1.165, 1.54) is 0 Å². The summed E-state index contributed by atoms with van der Waals surface area (Å²) in [5.41, 5.74) is 6.44. The lowest BCUT2D eigenvalue weighted by Crippen LogP contribution is -2.33. The Hall–Kier alpha value is -1.59. The van der Waals surface area contributed by atoms with Crippen molar-refractivity contribution in [3.8, 4) is 0 Å². The Labute approximate surface area is 87.5 Å². The second-order valence-corrected chi connectivity index (χ2v) is 3.17. The van der Waals surface area contributed by atoms with Crippen LogP contribution in [-0.4, -0.2) is 35.4 Å². The molecule has 1 rings (SSSR count). The van der Waals surface area contributed by atoms with Gasteiger partial charge in [-0.15, -0.1) is 0 Å². The van der Waals surface area contributed by atoms with Gasteiger partial charge in [-0.2, -0.15) is 0 Å². The summed E-state index contributed by atoms with van der Waals surface area (Å²) in [5.74, 6) is -0.324. The first-order chi connectivity index (χ1) is 7.13. The minimum atomic E-state index is -0.935. The van der Waals surface area contributed by atoms with E-state index in [2.05, 4.69) is 5.32 Å². The molecule has 0 aliphatic heterocycles. The van der Waals surface area contributed by atoms with Crippen LogP contribution in [0.4, 0.5) is 5.69 Å². The number of hydrogen-bond donors (Lipinski definition) is 4. The van der Waals surface area contributed by atoms with E-state index in [0.29, 0.717) is 11.3 Å². The number of nitrogen functional groups attached to an aromatic ring is 1. The van der Waals surface area contributed by atoms with Gasteiger partial charge >= 0.3 is 0 Å². The topological polar surface area (TPSA) is 95.6 Å². The lowest BCUT2D eigenvalue weighted by molar-refractivity contribution is 0.0802. The summed E-state index contributed by atoms with van der Waals surface area (Å²) in [4.78, 5) is 11.5. The summed E-state index contributed by atoms with van der Waals surface area (Å²) in [5, 5.41) is 20.0. The number of anilines is 1. The summed E-state index contributed by atoms with van der Waals surface area (Å²) >= 11 is 0. The number of amides is 1. The molecule has 0 aliphatic rings. The van der Waals surface area contributed by atoms with Crippen LogP contribution in [0.3, 0.4) is 0 Å². The molecule has 15 heavy (non-hydrogen) atoms. The molecule has 5 nitrogen and oxygen atoms in total. The van der Waals surface area contributed by atoms with Crippen molar-refractivity contribution < 1.29 is 15.0 Å². The van der Waals surface area contributed by atoms with Crippen molar-refractivity contribution >= 4 is 11.6 Å². The van der Waals surface area contributed by atoms with Gasteiger partial charge in [-0.1, -0.05) is 6.07 Å². The average Bonchev–Trinajstić information content (AvgIpc) is 2.25. The highest BCUT2D eigenvalue weighted by atomic mass is 16.3. The summed E-state index contributed by atoms with van der Waals surface area (Å²) in [6, 6.07) is 6.52. The molecule has 0 aromatic heterocycles. The summed E-state index contributed by atoms with van der Waals surface area (Å²) in [6.45, 7) is -0.360. The Balaban J connectivity index is 2.54. The molecule has 0 spiro atoms. The van der Waals surface area contributed by atoms with Gasteiger partial charge in [-0.3, -0.25) is 4.79 Å². The molecule has 0 fully saturated rings. The van der Waals surface area contributed by atoms with Crippen LogP contribution in [0.2, 0.25) is 0 Å². The molecule has 5 N–H and O–H groups in total. The Morgan fingerprint density at radius 3 is 2.87 bits per heavy atom. The van der Waals surface area contributed by atoms with E-state index < -0.39 is 6.10 Å². The fourth-order valence-electron chi connectivity index (χ4n) is 1.06. The molecule has 0 heterocycles. The zero-order valence-corrected chi connectivity index (χ0v) is 8.18. The summed E-state index contributed by atoms with van der Waals surface area (Å²) in [6.07, 6.45) is -0.935. The predicted molar refractivity (Wildman–Crippen MR) is 56.3 cm³/mol. The SMILES string of the molecule is Nc1cccc(C(=O)NCC(O)CO)c1. The lowest BCUT2D eigenvalue weighted by atomic mass is 10.2. The number of benzene rings is 1. The minimum absolute atomic E-state index is 0.0180. The van der Waals surface area contributed by atoms with Crippen molar-refractivity contribution in [2.75, 3.05) is 18.9 Å². The van der Waals surface area contributed by atoms with Crippen LogP contribution in [0.1, 0.15) is 10.4 Å². The number of carbonyl (C=O) groups is 1. The smallest absolute Gasteiger partial charge is 0.251 e. The average molecular weight is 210 g/mol. The molecule has 5 heteroatoms. The molecule has 0 bridgehead atoms. The first-order valence-electron chi connectivity index (χ1n) is 4.56.